The largest absolute Gasteiger partial charge is 0.330 e. The van der Waals surface area contributed by atoms with Crippen molar-refractivity contribution in [2.24, 2.45) is 11.1 Å². The van der Waals surface area contributed by atoms with E-state index in [0.29, 0.717) is 11.6 Å². The van der Waals surface area contributed by atoms with Gasteiger partial charge in [0.25, 0.3) is 0 Å². The molecule has 0 saturated heterocycles. The molecule has 1 aliphatic rings. The zero-order valence-corrected chi connectivity index (χ0v) is 9.36. The lowest BCUT2D eigenvalue weighted by Gasteiger charge is -2.41. The third-order valence-corrected chi connectivity index (χ3v) is 3.79. The Morgan fingerprint density at radius 1 is 1.40 bits per heavy atom. The number of hydrogen-bond donors (Lipinski definition) is 1. The Labute approximate surface area is 94.4 Å². The second-order valence-electron chi connectivity index (χ2n) is 4.47. The van der Waals surface area contributed by atoms with Crippen LogP contribution in [0.25, 0.3) is 0 Å². The molecule has 0 aliphatic heterocycles. The average Bonchev–Trinajstić information content (AvgIpc) is 2.17. The lowest BCUT2D eigenvalue weighted by atomic mass is 9.65. The number of hydrogen-bond acceptors (Lipinski definition) is 1. The Bertz CT molecular complexity index is 355. The van der Waals surface area contributed by atoms with E-state index in [4.69, 9.17) is 17.3 Å². The first-order valence-electron chi connectivity index (χ1n) is 5.29. The van der Waals surface area contributed by atoms with Crippen LogP contribution < -0.4 is 5.73 Å². The number of benzene rings is 1. The molecule has 0 atom stereocenters. The van der Waals surface area contributed by atoms with E-state index in [-0.39, 0.29) is 11.2 Å². The minimum absolute atomic E-state index is 0.178. The molecule has 1 fully saturated rings. The topological polar surface area (TPSA) is 26.0 Å². The first-order valence-corrected chi connectivity index (χ1v) is 5.67. The van der Waals surface area contributed by atoms with Crippen LogP contribution in [0.2, 0.25) is 5.02 Å². The lowest BCUT2D eigenvalue weighted by molar-refractivity contribution is 0.145. The molecular weight excluding hydrogens is 213 g/mol. The van der Waals surface area contributed by atoms with Crippen LogP contribution in [0.15, 0.2) is 18.2 Å². The smallest absolute Gasteiger partial charge is 0.123 e. The summed E-state index contributed by atoms with van der Waals surface area (Å²) in [5.74, 6) is -0.221. The van der Waals surface area contributed by atoms with E-state index < -0.39 is 0 Å². The predicted molar refractivity (Wildman–Crippen MR) is 60.5 cm³/mol. The fourth-order valence-electron chi connectivity index (χ4n) is 2.21. The van der Waals surface area contributed by atoms with E-state index >= 15 is 0 Å². The molecule has 82 valence electrons. The van der Waals surface area contributed by atoms with Gasteiger partial charge in [0.1, 0.15) is 5.82 Å². The summed E-state index contributed by atoms with van der Waals surface area (Å²) in [4.78, 5) is 0. The minimum atomic E-state index is -0.221. The van der Waals surface area contributed by atoms with Crippen molar-refractivity contribution in [2.75, 3.05) is 6.54 Å². The summed E-state index contributed by atoms with van der Waals surface area (Å²) in [5, 5.41) is 0.649. The Hall–Kier alpha value is -0.600. The summed E-state index contributed by atoms with van der Waals surface area (Å²) in [6, 6.07) is 4.54. The van der Waals surface area contributed by atoms with Crippen LogP contribution in [0.1, 0.15) is 24.8 Å². The van der Waals surface area contributed by atoms with E-state index in [9.17, 15) is 4.39 Å². The van der Waals surface area contributed by atoms with Crippen molar-refractivity contribution in [3.8, 4) is 0 Å². The van der Waals surface area contributed by atoms with Gasteiger partial charge in [-0.25, -0.2) is 4.39 Å². The second kappa shape index (κ2) is 4.11. The molecule has 1 aliphatic carbocycles. The van der Waals surface area contributed by atoms with Crippen LogP contribution >= 0.6 is 11.6 Å². The summed E-state index contributed by atoms with van der Waals surface area (Å²) in [5.41, 5.74) is 6.84. The van der Waals surface area contributed by atoms with Crippen molar-refractivity contribution in [3.05, 3.63) is 34.6 Å². The van der Waals surface area contributed by atoms with Gasteiger partial charge >= 0.3 is 0 Å². The van der Waals surface area contributed by atoms with Gasteiger partial charge in [-0.05, 0) is 55.0 Å². The maximum absolute atomic E-state index is 13.1. The molecule has 1 saturated carbocycles. The van der Waals surface area contributed by atoms with Gasteiger partial charge in [0.05, 0.1) is 0 Å². The van der Waals surface area contributed by atoms with Crippen molar-refractivity contribution >= 4 is 11.6 Å². The van der Waals surface area contributed by atoms with E-state index in [0.717, 1.165) is 24.8 Å². The summed E-state index contributed by atoms with van der Waals surface area (Å²) >= 11 is 6.03. The fraction of sp³-hybridized carbons (Fsp3) is 0.500. The molecule has 0 heterocycles. The van der Waals surface area contributed by atoms with Gasteiger partial charge in [-0.15, -0.1) is 0 Å². The van der Waals surface area contributed by atoms with Gasteiger partial charge in [-0.3, -0.25) is 0 Å². The molecular formula is C12H15ClFN. The summed E-state index contributed by atoms with van der Waals surface area (Å²) in [6.07, 6.45) is 4.30. The number of nitrogens with two attached hydrogens (primary N) is 1. The van der Waals surface area contributed by atoms with E-state index in [1.165, 1.54) is 18.6 Å². The van der Waals surface area contributed by atoms with Gasteiger partial charge in [-0.1, -0.05) is 18.0 Å². The van der Waals surface area contributed by atoms with Gasteiger partial charge in [0, 0.05) is 5.02 Å². The molecule has 1 nitrogen and oxygen atoms in total. The standard InChI is InChI=1S/C12H15ClFN/c13-11-3-2-10(14)6-9(11)7-12(8-15)4-1-5-12/h2-3,6H,1,4-5,7-8,15H2. The maximum Gasteiger partial charge on any atom is 0.123 e. The van der Waals surface area contributed by atoms with Gasteiger partial charge in [-0.2, -0.15) is 0 Å². The van der Waals surface area contributed by atoms with Crippen LogP contribution in [0.4, 0.5) is 4.39 Å². The quantitative estimate of drug-likeness (QED) is 0.844. The summed E-state index contributed by atoms with van der Waals surface area (Å²) < 4.78 is 13.1. The highest BCUT2D eigenvalue weighted by atomic mass is 35.5. The molecule has 1 aromatic rings. The van der Waals surface area contributed by atoms with E-state index in [2.05, 4.69) is 0 Å². The molecule has 0 radical (unpaired) electrons. The molecule has 2 rings (SSSR count). The first-order chi connectivity index (χ1) is 7.15. The van der Waals surface area contributed by atoms with Gasteiger partial charge in [0.15, 0.2) is 0 Å². The van der Waals surface area contributed by atoms with Crippen LogP contribution in [-0.4, -0.2) is 6.54 Å². The van der Waals surface area contributed by atoms with Crippen molar-refractivity contribution < 1.29 is 4.39 Å². The van der Waals surface area contributed by atoms with Crippen molar-refractivity contribution in [2.45, 2.75) is 25.7 Å². The van der Waals surface area contributed by atoms with Gasteiger partial charge < -0.3 is 5.73 Å². The Morgan fingerprint density at radius 3 is 2.67 bits per heavy atom. The first kappa shape index (κ1) is 10.9. The number of halogens is 2. The normalized spacial score (nSPS) is 18.6. The fourth-order valence-corrected chi connectivity index (χ4v) is 2.40. The average molecular weight is 228 g/mol. The van der Waals surface area contributed by atoms with Gasteiger partial charge in [0.2, 0.25) is 0 Å². The molecule has 0 spiro atoms. The monoisotopic (exact) mass is 227 g/mol. The van der Waals surface area contributed by atoms with Crippen molar-refractivity contribution in [1.82, 2.24) is 0 Å². The maximum atomic E-state index is 13.1. The molecule has 0 amide bonds. The van der Waals surface area contributed by atoms with Crippen LogP contribution in [0, 0.1) is 11.2 Å². The zero-order chi connectivity index (χ0) is 10.9. The van der Waals surface area contributed by atoms with Crippen molar-refractivity contribution in [3.63, 3.8) is 0 Å². The Balaban J connectivity index is 2.19. The molecule has 1 aromatic carbocycles. The minimum Gasteiger partial charge on any atom is -0.330 e. The molecule has 2 N–H and O–H groups in total. The molecule has 3 heteroatoms. The molecule has 0 aromatic heterocycles. The molecule has 0 unspecified atom stereocenters. The summed E-state index contributed by atoms with van der Waals surface area (Å²) in [7, 11) is 0. The van der Waals surface area contributed by atoms with Crippen LogP contribution in [0.5, 0.6) is 0 Å². The second-order valence-corrected chi connectivity index (χ2v) is 4.88. The van der Waals surface area contributed by atoms with E-state index in [1.807, 2.05) is 0 Å². The molecule has 0 bridgehead atoms. The summed E-state index contributed by atoms with van der Waals surface area (Å²) in [6.45, 7) is 0.667. The highest BCUT2D eigenvalue weighted by Crippen LogP contribution is 2.43. The SMILES string of the molecule is NCC1(Cc2cc(F)ccc2Cl)CCC1. The van der Waals surface area contributed by atoms with Crippen LogP contribution in [-0.2, 0) is 6.42 Å². The van der Waals surface area contributed by atoms with Crippen molar-refractivity contribution in [1.29, 1.82) is 0 Å². The third-order valence-electron chi connectivity index (χ3n) is 3.42. The third kappa shape index (κ3) is 2.16. The predicted octanol–water partition coefficient (Wildman–Crippen LogP) is 3.15. The highest BCUT2D eigenvalue weighted by Gasteiger charge is 2.35. The Kier molecular flexibility index (Phi) is 2.98. The van der Waals surface area contributed by atoms with E-state index in [1.54, 1.807) is 6.07 Å². The Morgan fingerprint density at radius 2 is 2.13 bits per heavy atom. The number of rotatable bonds is 3. The zero-order valence-electron chi connectivity index (χ0n) is 8.60. The van der Waals surface area contributed by atoms with Crippen LogP contribution in [0.3, 0.4) is 0 Å². The lowest BCUT2D eigenvalue weighted by Crippen LogP contribution is -2.39. The highest BCUT2D eigenvalue weighted by molar-refractivity contribution is 6.31. The molecule has 15 heavy (non-hydrogen) atoms.